The fourth-order valence-electron chi connectivity index (χ4n) is 2.04. The van der Waals surface area contributed by atoms with Crippen LogP contribution < -0.4 is 10.6 Å². The Bertz CT molecular complexity index is 190. The molecular formula is C13H26N2O. The van der Waals surface area contributed by atoms with Crippen LogP contribution in [0.25, 0.3) is 0 Å². The summed E-state index contributed by atoms with van der Waals surface area (Å²) in [6, 6.07) is 0. The van der Waals surface area contributed by atoms with Crippen LogP contribution in [0.15, 0.2) is 0 Å². The second kappa shape index (κ2) is 6.58. The molecular weight excluding hydrogens is 200 g/mol. The first-order chi connectivity index (χ1) is 7.86. The lowest BCUT2D eigenvalue weighted by Crippen LogP contribution is -2.47. The summed E-state index contributed by atoms with van der Waals surface area (Å²) in [4.78, 5) is 0. The summed E-state index contributed by atoms with van der Waals surface area (Å²) >= 11 is 0. The van der Waals surface area contributed by atoms with Gasteiger partial charge in [0.15, 0.2) is 0 Å². The van der Waals surface area contributed by atoms with Crippen molar-refractivity contribution in [3.8, 4) is 0 Å². The summed E-state index contributed by atoms with van der Waals surface area (Å²) in [5, 5.41) is 6.86. The van der Waals surface area contributed by atoms with Gasteiger partial charge in [-0.2, -0.15) is 0 Å². The first-order valence-electron chi connectivity index (χ1n) is 6.85. The molecule has 2 N–H and O–H groups in total. The van der Waals surface area contributed by atoms with Gasteiger partial charge < -0.3 is 15.4 Å². The van der Waals surface area contributed by atoms with E-state index in [1.54, 1.807) is 0 Å². The molecule has 1 aliphatic heterocycles. The van der Waals surface area contributed by atoms with E-state index < -0.39 is 0 Å². The van der Waals surface area contributed by atoms with Gasteiger partial charge in [0, 0.05) is 13.2 Å². The maximum atomic E-state index is 5.59. The van der Waals surface area contributed by atoms with Crippen molar-refractivity contribution in [2.45, 2.75) is 26.2 Å². The van der Waals surface area contributed by atoms with E-state index in [0.717, 1.165) is 50.5 Å². The number of hydrogen-bond donors (Lipinski definition) is 2. The molecule has 0 aromatic heterocycles. The van der Waals surface area contributed by atoms with Gasteiger partial charge in [-0.05, 0) is 63.2 Å². The van der Waals surface area contributed by atoms with Gasteiger partial charge in [-0.1, -0.05) is 6.92 Å². The average Bonchev–Trinajstić information content (AvgIpc) is 2.97. The zero-order valence-electron chi connectivity index (χ0n) is 10.5. The summed E-state index contributed by atoms with van der Waals surface area (Å²) < 4.78 is 5.59. The quantitative estimate of drug-likeness (QED) is 0.581. The Morgan fingerprint density at radius 1 is 1.38 bits per heavy atom. The summed E-state index contributed by atoms with van der Waals surface area (Å²) in [6.07, 6.45) is 3.94. The average molecular weight is 226 g/mol. The molecule has 0 aromatic carbocycles. The maximum absolute atomic E-state index is 5.59. The smallest absolute Gasteiger partial charge is 0.0494 e. The topological polar surface area (TPSA) is 33.3 Å². The van der Waals surface area contributed by atoms with Crippen molar-refractivity contribution >= 4 is 0 Å². The summed E-state index contributed by atoms with van der Waals surface area (Å²) in [5.74, 6) is 2.62. The number of ether oxygens (including phenoxy) is 1. The van der Waals surface area contributed by atoms with Gasteiger partial charge in [0.05, 0.1) is 0 Å². The van der Waals surface area contributed by atoms with Crippen LogP contribution in [-0.4, -0.2) is 39.4 Å². The maximum Gasteiger partial charge on any atom is 0.0494 e. The van der Waals surface area contributed by atoms with Crippen LogP contribution in [0.5, 0.6) is 0 Å². The normalized spacial score (nSPS) is 23.1. The molecule has 16 heavy (non-hydrogen) atoms. The van der Waals surface area contributed by atoms with Crippen molar-refractivity contribution in [1.29, 1.82) is 0 Å². The molecule has 1 saturated carbocycles. The van der Waals surface area contributed by atoms with E-state index in [1.165, 1.54) is 25.9 Å². The Hall–Kier alpha value is -0.120. The van der Waals surface area contributed by atoms with Crippen LogP contribution >= 0.6 is 0 Å². The molecule has 0 amide bonds. The number of nitrogens with one attached hydrogen (secondary N) is 2. The van der Waals surface area contributed by atoms with Crippen molar-refractivity contribution in [3.63, 3.8) is 0 Å². The van der Waals surface area contributed by atoms with Crippen molar-refractivity contribution in [1.82, 2.24) is 10.6 Å². The van der Waals surface area contributed by atoms with Crippen LogP contribution in [0.4, 0.5) is 0 Å². The highest BCUT2D eigenvalue weighted by Gasteiger charge is 2.22. The van der Waals surface area contributed by atoms with E-state index in [2.05, 4.69) is 17.6 Å². The van der Waals surface area contributed by atoms with Crippen LogP contribution in [0.1, 0.15) is 26.2 Å². The van der Waals surface area contributed by atoms with E-state index in [0.29, 0.717) is 0 Å². The van der Waals surface area contributed by atoms with Crippen molar-refractivity contribution in [2.24, 2.45) is 17.8 Å². The van der Waals surface area contributed by atoms with Gasteiger partial charge in [-0.3, -0.25) is 0 Å². The standard InChI is InChI=1S/C13H26N2O/c1-11(13-8-15-9-13)7-14-5-2-6-16-10-12-3-4-12/h11-15H,2-10H2,1H3. The molecule has 3 nitrogen and oxygen atoms in total. The Morgan fingerprint density at radius 2 is 2.19 bits per heavy atom. The van der Waals surface area contributed by atoms with Crippen LogP contribution in [0.3, 0.4) is 0 Å². The second-order valence-electron chi connectivity index (χ2n) is 5.47. The minimum Gasteiger partial charge on any atom is -0.381 e. The van der Waals surface area contributed by atoms with Gasteiger partial charge in [0.25, 0.3) is 0 Å². The molecule has 2 aliphatic rings. The van der Waals surface area contributed by atoms with Crippen molar-refractivity contribution in [3.05, 3.63) is 0 Å². The molecule has 1 atom stereocenters. The SMILES string of the molecule is CC(CNCCCOCC1CC1)C1CNC1. The molecule has 0 radical (unpaired) electrons. The van der Waals surface area contributed by atoms with Gasteiger partial charge in [-0.25, -0.2) is 0 Å². The zero-order chi connectivity index (χ0) is 11.2. The van der Waals surface area contributed by atoms with Crippen molar-refractivity contribution in [2.75, 3.05) is 39.4 Å². The molecule has 0 bridgehead atoms. The summed E-state index contributed by atoms with van der Waals surface area (Å²) in [6.45, 7) is 8.99. The van der Waals surface area contributed by atoms with Crippen LogP contribution in [-0.2, 0) is 4.74 Å². The largest absolute Gasteiger partial charge is 0.381 e. The molecule has 0 spiro atoms. The van der Waals surface area contributed by atoms with E-state index in [-0.39, 0.29) is 0 Å². The van der Waals surface area contributed by atoms with Crippen LogP contribution in [0, 0.1) is 17.8 Å². The molecule has 1 aliphatic carbocycles. The minimum atomic E-state index is 0.814. The molecule has 2 fully saturated rings. The molecule has 94 valence electrons. The number of hydrogen-bond acceptors (Lipinski definition) is 3. The lowest BCUT2D eigenvalue weighted by Gasteiger charge is -2.32. The summed E-state index contributed by atoms with van der Waals surface area (Å²) in [7, 11) is 0. The highest BCUT2D eigenvalue weighted by atomic mass is 16.5. The third-order valence-corrected chi connectivity index (χ3v) is 3.78. The van der Waals surface area contributed by atoms with Crippen molar-refractivity contribution < 1.29 is 4.74 Å². The predicted molar refractivity (Wildman–Crippen MR) is 66.6 cm³/mol. The molecule has 1 unspecified atom stereocenters. The molecule has 0 aromatic rings. The predicted octanol–water partition coefficient (Wildman–Crippen LogP) is 1.25. The third-order valence-electron chi connectivity index (χ3n) is 3.78. The highest BCUT2D eigenvalue weighted by Crippen LogP contribution is 2.28. The van der Waals surface area contributed by atoms with E-state index in [9.17, 15) is 0 Å². The number of rotatable bonds is 9. The second-order valence-corrected chi connectivity index (χ2v) is 5.47. The highest BCUT2D eigenvalue weighted by molar-refractivity contribution is 4.80. The fourth-order valence-corrected chi connectivity index (χ4v) is 2.04. The van der Waals surface area contributed by atoms with Gasteiger partial charge >= 0.3 is 0 Å². The van der Waals surface area contributed by atoms with Gasteiger partial charge in [0.2, 0.25) is 0 Å². The molecule has 2 rings (SSSR count). The zero-order valence-corrected chi connectivity index (χ0v) is 10.5. The Labute approximate surface area is 99.3 Å². The van der Waals surface area contributed by atoms with E-state index in [4.69, 9.17) is 4.74 Å². The first kappa shape index (κ1) is 12.3. The third kappa shape index (κ3) is 4.40. The van der Waals surface area contributed by atoms with E-state index >= 15 is 0 Å². The Morgan fingerprint density at radius 3 is 2.81 bits per heavy atom. The van der Waals surface area contributed by atoms with Gasteiger partial charge in [-0.15, -0.1) is 0 Å². The fraction of sp³-hybridized carbons (Fsp3) is 1.00. The first-order valence-corrected chi connectivity index (χ1v) is 6.85. The molecule has 1 saturated heterocycles. The Balaban J connectivity index is 1.33. The summed E-state index contributed by atoms with van der Waals surface area (Å²) in [5.41, 5.74) is 0. The van der Waals surface area contributed by atoms with E-state index in [1.807, 2.05) is 0 Å². The van der Waals surface area contributed by atoms with Gasteiger partial charge in [0.1, 0.15) is 0 Å². The Kier molecular flexibility index (Phi) is 5.07. The minimum absolute atomic E-state index is 0.814. The molecule has 3 heteroatoms. The lowest BCUT2D eigenvalue weighted by molar-refractivity contribution is 0.121. The molecule has 1 heterocycles. The van der Waals surface area contributed by atoms with Crippen LogP contribution in [0.2, 0.25) is 0 Å². The monoisotopic (exact) mass is 226 g/mol. The lowest BCUT2D eigenvalue weighted by atomic mass is 9.89.